The maximum Gasteiger partial charge on any atom is 0.260 e. The summed E-state index contributed by atoms with van der Waals surface area (Å²) < 4.78 is 8.19. The SMILES string of the molecule is C[C@H](Oc1ccccc1Cl)C(=O)NCCn1cc(Br)cn1. The fraction of sp³-hybridized carbons (Fsp3) is 0.286. The molecule has 2 rings (SSSR count). The van der Waals surface area contributed by atoms with Gasteiger partial charge in [0.05, 0.1) is 22.2 Å². The van der Waals surface area contributed by atoms with Crippen molar-refractivity contribution in [3.05, 3.63) is 46.2 Å². The van der Waals surface area contributed by atoms with Crippen LogP contribution in [-0.2, 0) is 11.3 Å². The molecule has 1 N–H and O–H groups in total. The lowest BCUT2D eigenvalue weighted by Gasteiger charge is -2.15. The summed E-state index contributed by atoms with van der Waals surface area (Å²) in [5, 5.41) is 7.39. The molecule has 0 aliphatic rings. The highest BCUT2D eigenvalue weighted by molar-refractivity contribution is 9.10. The standard InChI is InChI=1S/C14H15BrClN3O2/c1-10(21-13-5-3-2-4-12(13)16)14(20)17-6-7-19-9-11(15)8-18-19/h2-5,8-10H,6-7H2,1H3,(H,17,20)/t10-/m0/s1. The largest absolute Gasteiger partial charge is 0.479 e. The molecular weight excluding hydrogens is 358 g/mol. The average Bonchev–Trinajstić information content (AvgIpc) is 2.87. The third-order valence-electron chi connectivity index (χ3n) is 2.75. The molecule has 0 fully saturated rings. The Morgan fingerprint density at radius 3 is 2.95 bits per heavy atom. The predicted octanol–water partition coefficient (Wildman–Crippen LogP) is 2.88. The first-order valence-electron chi connectivity index (χ1n) is 6.43. The first-order chi connectivity index (χ1) is 10.1. The van der Waals surface area contributed by atoms with Gasteiger partial charge in [-0.2, -0.15) is 5.10 Å². The molecule has 7 heteroatoms. The van der Waals surface area contributed by atoms with Crippen LogP contribution in [0.3, 0.4) is 0 Å². The lowest BCUT2D eigenvalue weighted by atomic mass is 10.3. The lowest BCUT2D eigenvalue weighted by molar-refractivity contribution is -0.127. The number of carbonyl (C=O) groups excluding carboxylic acids is 1. The highest BCUT2D eigenvalue weighted by Crippen LogP contribution is 2.24. The molecule has 0 spiro atoms. The number of para-hydroxylation sites is 1. The number of benzene rings is 1. The number of amides is 1. The molecule has 1 aromatic carbocycles. The third kappa shape index (κ3) is 4.75. The molecule has 5 nitrogen and oxygen atoms in total. The number of ether oxygens (including phenoxy) is 1. The van der Waals surface area contributed by atoms with E-state index in [1.54, 1.807) is 36.0 Å². The summed E-state index contributed by atoms with van der Waals surface area (Å²) in [6.07, 6.45) is 2.93. The maximum absolute atomic E-state index is 11.9. The fourth-order valence-electron chi connectivity index (χ4n) is 1.68. The Hall–Kier alpha value is -1.53. The summed E-state index contributed by atoms with van der Waals surface area (Å²) in [6, 6.07) is 7.06. The second kappa shape index (κ2) is 7.47. The monoisotopic (exact) mass is 371 g/mol. The Kier molecular flexibility index (Phi) is 5.64. The number of nitrogens with one attached hydrogen (secondary N) is 1. The van der Waals surface area contributed by atoms with Crippen molar-refractivity contribution in [2.45, 2.75) is 19.6 Å². The Balaban J connectivity index is 1.79. The van der Waals surface area contributed by atoms with Gasteiger partial charge < -0.3 is 10.1 Å². The minimum atomic E-state index is -0.616. The van der Waals surface area contributed by atoms with Crippen LogP contribution in [0.4, 0.5) is 0 Å². The highest BCUT2D eigenvalue weighted by atomic mass is 79.9. The normalized spacial score (nSPS) is 12.0. The molecule has 0 saturated carbocycles. The Bertz CT molecular complexity index is 618. The Morgan fingerprint density at radius 2 is 2.29 bits per heavy atom. The number of halogens is 2. The van der Waals surface area contributed by atoms with Crippen molar-refractivity contribution in [1.29, 1.82) is 0 Å². The highest BCUT2D eigenvalue weighted by Gasteiger charge is 2.15. The van der Waals surface area contributed by atoms with Crippen molar-refractivity contribution >= 4 is 33.4 Å². The molecule has 0 unspecified atom stereocenters. The zero-order chi connectivity index (χ0) is 15.2. The van der Waals surface area contributed by atoms with Crippen LogP contribution >= 0.6 is 27.5 Å². The van der Waals surface area contributed by atoms with E-state index in [4.69, 9.17) is 16.3 Å². The van der Waals surface area contributed by atoms with Gasteiger partial charge in [-0.15, -0.1) is 0 Å². The van der Waals surface area contributed by atoms with Crippen LogP contribution in [-0.4, -0.2) is 28.3 Å². The van der Waals surface area contributed by atoms with Gasteiger partial charge in [0.25, 0.3) is 5.91 Å². The summed E-state index contributed by atoms with van der Waals surface area (Å²) in [5.41, 5.74) is 0. The number of hydrogen-bond donors (Lipinski definition) is 1. The predicted molar refractivity (Wildman–Crippen MR) is 84.5 cm³/mol. The summed E-state index contributed by atoms with van der Waals surface area (Å²) in [6.45, 7) is 2.75. The van der Waals surface area contributed by atoms with E-state index in [1.807, 2.05) is 12.3 Å². The van der Waals surface area contributed by atoms with Crippen LogP contribution < -0.4 is 10.1 Å². The zero-order valence-electron chi connectivity index (χ0n) is 11.4. The fourth-order valence-corrected chi connectivity index (χ4v) is 2.19. The van der Waals surface area contributed by atoms with E-state index in [0.29, 0.717) is 23.9 Å². The number of hydrogen-bond acceptors (Lipinski definition) is 3. The molecule has 0 aliphatic heterocycles. The van der Waals surface area contributed by atoms with E-state index in [-0.39, 0.29) is 5.91 Å². The van der Waals surface area contributed by atoms with Gasteiger partial charge in [-0.3, -0.25) is 9.48 Å². The molecule has 21 heavy (non-hydrogen) atoms. The first-order valence-corrected chi connectivity index (χ1v) is 7.60. The molecule has 1 aromatic heterocycles. The summed E-state index contributed by atoms with van der Waals surface area (Å²) in [4.78, 5) is 11.9. The first kappa shape index (κ1) is 15.9. The van der Waals surface area contributed by atoms with Gasteiger partial charge in [0.15, 0.2) is 6.10 Å². The quantitative estimate of drug-likeness (QED) is 0.848. The van der Waals surface area contributed by atoms with Crippen molar-refractivity contribution in [1.82, 2.24) is 15.1 Å². The number of carbonyl (C=O) groups is 1. The van der Waals surface area contributed by atoms with Crippen molar-refractivity contribution in [2.24, 2.45) is 0 Å². The molecule has 2 aromatic rings. The summed E-state index contributed by atoms with van der Waals surface area (Å²) >= 11 is 9.30. The average molecular weight is 373 g/mol. The molecule has 0 aliphatic carbocycles. The van der Waals surface area contributed by atoms with Crippen LogP contribution in [0, 0.1) is 0 Å². The van der Waals surface area contributed by atoms with Crippen LogP contribution in [0.2, 0.25) is 5.02 Å². The Morgan fingerprint density at radius 1 is 1.52 bits per heavy atom. The van der Waals surface area contributed by atoms with Crippen molar-refractivity contribution < 1.29 is 9.53 Å². The second-order valence-electron chi connectivity index (χ2n) is 4.40. The van der Waals surface area contributed by atoms with Crippen LogP contribution in [0.15, 0.2) is 41.1 Å². The van der Waals surface area contributed by atoms with E-state index >= 15 is 0 Å². The lowest BCUT2D eigenvalue weighted by Crippen LogP contribution is -2.38. The van der Waals surface area contributed by atoms with Crippen LogP contribution in [0.5, 0.6) is 5.75 Å². The summed E-state index contributed by atoms with van der Waals surface area (Å²) in [7, 11) is 0. The van der Waals surface area contributed by atoms with Gasteiger partial charge in [0.2, 0.25) is 0 Å². The maximum atomic E-state index is 11.9. The van der Waals surface area contributed by atoms with Crippen molar-refractivity contribution in [2.75, 3.05) is 6.54 Å². The second-order valence-corrected chi connectivity index (χ2v) is 5.73. The third-order valence-corrected chi connectivity index (χ3v) is 3.47. The van der Waals surface area contributed by atoms with Crippen molar-refractivity contribution in [3.8, 4) is 5.75 Å². The van der Waals surface area contributed by atoms with Gasteiger partial charge in [-0.25, -0.2) is 0 Å². The number of nitrogens with zero attached hydrogens (tertiary/aromatic N) is 2. The van der Waals surface area contributed by atoms with E-state index in [1.165, 1.54) is 0 Å². The molecule has 1 heterocycles. The topological polar surface area (TPSA) is 56.1 Å². The van der Waals surface area contributed by atoms with E-state index in [2.05, 4.69) is 26.3 Å². The van der Waals surface area contributed by atoms with Gasteiger partial charge >= 0.3 is 0 Å². The minimum absolute atomic E-state index is 0.193. The molecule has 0 bridgehead atoms. The number of rotatable bonds is 6. The number of aromatic nitrogens is 2. The van der Waals surface area contributed by atoms with Crippen molar-refractivity contribution in [3.63, 3.8) is 0 Å². The molecule has 112 valence electrons. The molecule has 1 atom stereocenters. The van der Waals surface area contributed by atoms with Crippen LogP contribution in [0.25, 0.3) is 0 Å². The van der Waals surface area contributed by atoms with Gasteiger partial charge in [0, 0.05) is 12.7 Å². The van der Waals surface area contributed by atoms with Gasteiger partial charge in [-0.05, 0) is 35.0 Å². The van der Waals surface area contributed by atoms with E-state index < -0.39 is 6.10 Å². The molecule has 0 saturated heterocycles. The summed E-state index contributed by atoms with van der Waals surface area (Å²) in [5.74, 6) is 0.305. The zero-order valence-corrected chi connectivity index (χ0v) is 13.8. The van der Waals surface area contributed by atoms with Crippen LogP contribution in [0.1, 0.15) is 6.92 Å². The Labute approximate surface area is 136 Å². The van der Waals surface area contributed by atoms with E-state index in [0.717, 1.165) is 4.47 Å². The van der Waals surface area contributed by atoms with Gasteiger partial charge in [-0.1, -0.05) is 23.7 Å². The molecule has 1 amide bonds. The smallest absolute Gasteiger partial charge is 0.260 e. The minimum Gasteiger partial charge on any atom is -0.479 e. The van der Waals surface area contributed by atoms with E-state index in [9.17, 15) is 4.79 Å². The molecule has 0 radical (unpaired) electrons. The van der Waals surface area contributed by atoms with Gasteiger partial charge in [0.1, 0.15) is 5.75 Å². The molecular formula is C14H15BrClN3O2.